The molecule has 5 nitrogen and oxygen atoms in total. The molecule has 0 aliphatic carbocycles. The first kappa shape index (κ1) is 21.9. The summed E-state index contributed by atoms with van der Waals surface area (Å²) in [5.74, 6) is -2.93. The van der Waals surface area contributed by atoms with Crippen LogP contribution in [0.5, 0.6) is 0 Å². The third-order valence-electron chi connectivity index (χ3n) is 3.97. The molecule has 0 radical (unpaired) electrons. The smallest absolute Gasteiger partial charge is 0.417 e. The Hall–Kier alpha value is -1.10. The molecule has 0 saturated carbocycles. The minimum Gasteiger partial charge on any atom is -0.473 e. The van der Waals surface area contributed by atoms with E-state index in [0.29, 0.717) is 6.42 Å². The molecule has 0 rings (SSSR count). The second-order valence-electron chi connectivity index (χ2n) is 6.24. The highest BCUT2D eigenvalue weighted by Gasteiger charge is 2.14. The maximum absolute atomic E-state index is 10.7. The molecule has 0 aliphatic rings. The first-order valence-electron chi connectivity index (χ1n) is 9.16. The fourth-order valence-electron chi connectivity index (χ4n) is 2.54. The highest BCUT2D eigenvalue weighted by atomic mass is 16.6. The quantitative estimate of drug-likeness (QED) is 0.269. The number of hydrogen-bond acceptors (Lipinski definition) is 4. The van der Waals surface area contributed by atoms with Crippen LogP contribution in [0.25, 0.3) is 0 Å². The number of esters is 1. The Morgan fingerprint density at radius 2 is 1.26 bits per heavy atom. The summed E-state index contributed by atoms with van der Waals surface area (Å²) < 4.78 is 4.43. The lowest BCUT2D eigenvalue weighted by Gasteiger charge is -2.10. The summed E-state index contributed by atoms with van der Waals surface area (Å²) in [6.07, 6.45) is 14.8. The molecule has 5 heteroatoms. The highest BCUT2D eigenvalue weighted by molar-refractivity contribution is 6.28. The van der Waals surface area contributed by atoms with Crippen molar-refractivity contribution in [1.29, 1.82) is 0 Å². The number of carboxylic acid groups (broad SMARTS) is 1. The number of rotatable bonds is 15. The number of ether oxygens (including phenoxy) is 1. The van der Waals surface area contributed by atoms with E-state index in [0.717, 1.165) is 19.3 Å². The van der Waals surface area contributed by atoms with E-state index in [9.17, 15) is 14.7 Å². The largest absolute Gasteiger partial charge is 0.473 e. The number of carboxylic acids is 1. The van der Waals surface area contributed by atoms with E-state index in [2.05, 4.69) is 11.7 Å². The zero-order valence-corrected chi connectivity index (χ0v) is 14.6. The van der Waals surface area contributed by atoms with E-state index < -0.39 is 18.0 Å². The first-order chi connectivity index (χ1) is 11.1. The van der Waals surface area contributed by atoms with Gasteiger partial charge in [0.2, 0.25) is 0 Å². The van der Waals surface area contributed by atoms with Crippen LogP contribution in [0.15, 0.2) is 0 Å². The summed E-state index contributed by atoms with van der Waals surface area (Å²) in [7, 11) is 0. The lowest BCUT2D eigenvalue weighted by Crippen LogP contribution is -2.23. The van der Waals surface area contributed by atoms with Gasteiger partial charge in [0.1, 0.15) is 6.61 Å². The standard InChI is InChI=1S/C18H34O5/c1-2-3-4-5-6-7-8-9-10-11-12-13-14-16(19)15-23-18(22)17(20)21/h16,19H,2-15H2,1H3,(H,20,21). The second-order valence-corrected chi connectivity index (χ2v) is 6.24. The predicted octanol–water partition coefficient (Wildman–Crippen LogP) is 4.07. The molecule has 136 valence electrons. The van der Waals surface area contributed by atoms with Crippen LogP contribution >= 0.6 is 0 Å². The molecule has 0 aromatic carbocycles. The molecule has 1 atom stereocenters. The van der Waals surface area contributed by atoms with Gasteiger partial charge in [-0.05, 0) is 6.42 Å². The third-order valence-corrected chi connectivity index (χ3v) is 3.97. The van der Waals surface area contributed by atoms with Crippen LogP contribution < -0.4 is 0 Å². The van der Waals surface area contributed by atoms with E-state index in [1.165, 1.54) is 57.8 Å². The molecule has 0 heterocycles. The predicted molar refractivity (Wildman–Crippen MR) is 90.3 cm³/mol. The van der Waals surface area contributed by atoms with Crippen molar-refractivity contribution >= 4 is 11.9 Å². The Morgan fingerprint density at radius 3 is 1.70 bits per heavy atom. The fraction of sp³-hybridized carbons (Fsp3) is 0.889. The van der Waals surface area contributed by atoms with E-state index in [1.54, 1.807) is 0 Å². The van der Waals surface area contributed by atoms with Crippen molar-refractivity contribution in [2.45, 2.75) is 96.5 Å². The molecule has 0 aromatic rings. The molecule has 0 saturated heterocycles. The molecule has 0 amide bonds. The Labute approximate surface area is 140 Å². The first-order valence-corrected chi connectivity index (χ1v) is 9.16. The molecule has 0 aliphatic heterocycles. The van der Waals surface area contributed by atoms with Gasteiger partial charge in [0.25, 0.3) is 0 Å². The van der Waals surface area contributed by atoms with Gasteiger partial charge in [-0.15, -0.1) is 0 Å². The van der Waals surface area contributed by atoms with Gasteiger partial charge in [-0.1, -0.05) is 84.0 Å². The molecule has 0 bridgehead atoms. The van der Waals surface area contributed by atoms with Gasteiger partial charge >= 0.3 is 11.9 Å². The van der Waals surface area contributed by atoms with Gasteiger partial charge in [-0.2, -0.15) is 0 Å². The zero-order valence-electron chi connectivity index (χ0n) is 14.6. The molecule has 1 unspecified atom stereocenters. The van der Waals surface area contributed by atoms with Crippen molar-refractivity contribution in [2.75, 3.05) is 6.61 Å². The monoisotopic (exact) mass is 330 g/mol. The summed E-state index contributed by atoms with van der Waals surface area (Å²) >= 11 is 0. The van der Waals surface area contributed by atoms with Crippen molar-refractivity contribution < 1.29 is 24.5 Å². The number of unbranched alkanes of at least 4 members (excludes halogenated alkanes) is 11. The SMILES string of the molecule is CCCCCCCCCCCCCCC(O)COC(=O)C(=O)O. The minimum atomic E-state index is -1.62. The van der Waals surface area contributed by atoms with Crippen LogP contribution in [0.1, 0.15) is 90.4 Å². The van der Waals surface area contributed by atoms with Gasteiger partial charge < -0.3 is 14.9 Å². The van der Waals surface area contributed by atoms with Gasteiger partial charge in [0, 0.05) is 0 Å². The molecular formula is C18H34O5. The maximum atomic E-state index is 10.7. The zero-order chi connectivity index (χ0) is 17.3. The summed E-state index contributed by atoms with van der Waals surface area (Å²) in [6, 6.07) is 0. The van der Waals surface area contributed by atoms with Crippen LogP contribution in [0, 0.1) is 0 Å². The average molecular weight is 330 g/mol. The fourth-order valence-corrected chi connectivity index (χ4v) is 2.54. The van der Waals surface area contributed by atoms with Crippen molar-refractivity contribution in [3.05, 3.63) is 0 Å². The molecule has 23 heavy (non-hydrogen) atoms. The van der Waals surface area contributed by atoms with E-state index in [1.807, 2.05) is 0 Å². The maximum Gasteiger partial charge on any atom is 0.417 e. The Balaban J connectivity index is 3.23. The number of carbonyl (C=O) groups is 2. The van der Waals surface area contributed by atoms with Gasteiger partial charge in [-0.3, -0.25) is 0 Å². The van der Waals surface area contributed by atoms with Crippen LogP contribution in [-0.4, -0.2) is 34.9 Å². The van der Waals surface area contributed by atoms with Crippen molar-refractivity contribution in [3.63, 3.8) is 0 Å². The molecule has 0 spiro atoms. The summed E-state index contributed by atoms with van der Waals surface area (Å²) in [4.78, 5) is 20.9. The Kier molecular flexibility index (Phi) is 15.0. The highest BCUT2D eigenvalue weighted by Crippen LogP contribution is 2.13. The van der Waals surface area contributed by atoms with Crippen LogP contribution in [0.4, 0.5) is 0 Å². The number of aliphatic carboxylic acids is 1. The third kappa shape index (κ3) is 15.6. The minimum absolute atomic E-state index is 0.233. The number of aliphatic hydroxyl groups is 1. The van der Waals surface area contributed by atoms with Crippen LogP contribution in [0.2, 0.25) is 0 Å². The van der Waals surface area contributed by atoms with Crippen molar-refractivity contribution in [1.82, 2.24) is 0 Å². The average Bonchev–Trinajstić information content (AvgIpc) is 2.53. The van der Waals surface area contributed by atoms with Crippen molar-refractivity contribution in [2.24, 2.45) is 0 Å². The molecule has 2 N–H and O–H groups in total. The lowest BCUT2D eigenvalue weighted by molar-refractivity contribution is -0.165. The van der Waals surface area contributed by atoms with Gasteiger partial charge in [0.15, 0.2) is 0 Å². The molecule has 0 fully saturated rings. The molecule has 0 aromatic heterocycles. The number of hydrogen-bond donors (Lipinski definition) is 2. The van der Waals surface area contributed by atoms with E-state index in [-0.39, 0.29) is 6.61 Å². The number of aliphatic hydroxyl groups excluding tert-OH is 1. The Bertz CT molecular complexity index is 304. The van der Waals surface area contributed by atoms with Crippen LogP contribution in [-0.2, 0) is 14.3 Å². The lowest BCUT2D eigenvalue weighted by atomic mass is 10.0. The summed E-state index contributed by atoms with van der Waals surface area (Å²) in [5, 5.41) is 17.9. The normalized spacial score (nSPS) is 12.1. The molecular weight excluding hydrogens is 296 g/mol. The van der Waals surface area contributed by atoms with E-state index >= 15 is 0 Å². The second kappa shape index (κ2) is 15.8. The number of carbonyl (C=O) groups excluding carboxylic acids is 1. The van der Waals surface area contributed by atoms with Crippen LogP contribution in [0.3, 0.4) is 0 Å². The summed E-state index contributed by atoms with van der Waals surface area (Å²) in [6.45, 7) is 2.00. The van der Waals surface area contributed by atoms with Crippen molar-refractivity contribution in [3.8, 4) is 0 Å². The van der Waals surface area contributed by atoms with Gasteiger partial charge in [-0.25, -0.2) is 9.59 Å². The van der Waals surface area contributed by atoms with Gasteiger partial charge in [0.05, 0.1) is 6.10 Å². The summed E-state index contributed by atoms with van der Waals surface area (Å²) in [5.41, 5.74) is 0. The topological polar surface area (TPSA) is 83.8 Å². The van der Waals surface area contributed by atoms with E-state index in [4.69, 9.17) is 5.11 Å². The Morgan fingerprint density at radius 1 is 0.826 bits per heavy atom.